The molecular formula is C10H16N2O2S2. The molecule has 16 heavy (non-hydrogen) atoms. The van der Waals surface area contributed by atoms with Crippen LogP contribution in [0.25, 0.3) is 0 Å². The Balaban J connectivity index is 2.16. The zero-order valence-electron chi connectivity index (χ0n) is 9.19. The maximum atomic E-state index is 12.0. The third kappa shape index (κ3) is 2.63. The maximum absolute atomic E-state index is 12.0. The van der Waals surface area contributed by atoms with Crippen LogP contribution in [-0.2, 0) is 16.6 Å². The number of hydrogen-bond donors (Lipinski definition) is 2. The van der Waals surface area contributed by atoms with Crippen LogP contribution in [0.2, 0.25) is 0 Å². The van der Waals surface area contributed by atoms with Crippen LogP contribution in [0, 0.1) is 12.8 Å². The smallest absolute Gasteiger partial charge is 0.241 e. The first-order chi connectivity index (χ1) is 7.53. The van der Waals surface area contributed by atoms with E-state index in [2.05, 4.69) is 4.72 Å². The van der Waals surface area contributed by atoms with Gasteiger partial charge in [0.05, 0.1) is 4.90 Å². The van der Waals surface area contributed by atoms with E-state index in [1.165, 1.54) is 11.3 Å². The Morgan fingerprint density at radius 1 is 1.56 bits per heavy atom. The van der Waals surface area contributed by atoms with Crippen molar-refractivity contribution in [3.8, 4) is 0 Å². The summed E-state index contributed by atoms with van der Waals surface area (Å²) in [6, 6.07) is 1.68. The van der Waals surface area contributed by atoms with Crippen molar-refractivity contribution in [2.45, 2.75) is 31.2 Å². The molecule has 90 valence electrons. The molecule has 6 heteroatoms. The average Bonchev–Trinajstić information content (AvgIpc) is 2.98. The van der Waals surface area contributed by atoms with E-state index in [1.54, 1.807) is 6.07 Å². The predicted octanol–water partition coefficient (Wildman–Crippen LogP) is 1.20. The average molecular weight is 260 g/mol. The van der Waals surface area contributed by atoms with Gasteiger partial charge >= 0.3 is 0 Å². The molecule has 1 aromatic heterocycles. The van der Waals surface area contributed by atoms with Gasteiger partial charge in [0.1, 0.15) is 0 Å². The molecule has 0 unspecified atom stereocenters. The van der Waals surface area contributed by atoms with Crippen molar-refractivity contribution in [1.29, 1.82) is 0 Å². The molecule has 3 N–H and O–H groups in total. The quantitative estimate of drug-likeness (QED) is 0.835. The first kappa shape index (κ1) is 12.0. The van der Waals surface area contributed by atoms with Crippen LogP contribution in [0.15, 0.2) is 11.0 Å². The third-order valence-corrected chi connectivity index (χ3v) is 5.42. The van der Waals surface area contributed by atoms with Crippen LogP contribution < -0.4 is 10.5 Å². The van der Waals surface area contributed by atoms with Gasteiger partial charge in [0.25, 0.3) is 0 Å². The highest BCUT2D eigenvalue weighted by molar-refractivity contribution is 7.89. The second-order valence-electron chi connectivity index (χ2n) is 4.13. The molecule has 1 heterocycles. The zero-order chi connectivity index (χ0) is 11.8. The highest BCUT2D eigenvalue weighted by Crippen LogP contribution is 2.29. The van der Waals surface area contributed by atoms with E-state index in [4.69, 9.17) is 5.73 Å². The largest absolute Gasteiger partial charge is 0.326 e. The number of nitrogens with one attached hydrogen (secondary N) is 1. The number of sulfonamides is 1. The van der Waals surface area contributed by atoms with Gasteiger partial charge in [0.15, 0.2) is 0 Å². The Labute approximate surface area is 99.9 Å². The third-order valence-electron chi connectivity index (χ3n) is 2.67. The van der Waals surface area contributed by atoms with Gasteiger partial charge in [-0.1, -0.05) is 0 Å². The Bertz CT molecular complexity index is 475. The second kappa shape index (κ2) is 4.44. The molecular weight excluding hydrogens is 244 g/mol. The Hall–Kier alpha value is -0.430. The van der Waals surface area contributed by atoms with E-state index in [0.29, 0.717) is 23.9 Å². The summed E-state index contributed by atoms with van der Waals surface area (Å²) < 4.78 is 26.6. The van der Waals surface area contributed by atoms with E-state index >= 15 is 0 Å². The SMILES string of the molecule is Cc1sc(CN)cc1S(=O)(=O)NCC1CC1. The molecule has 0 radical (unpaired) electrons. The second-order valence-corrected chi connectivity index (χ2v) is 7.21. The molecule has 0 bridgehead atoms. The van der Waals surface area contributed by atoms with Crippen molar-refractivity contribution in [2.24, 2.45) is 11.7 Å². The molecule has 0 aliphatic heterocycles. The van der Waals surface area contributed by atoms with Gasteiger partial charge in [0.2, 0.25) is 10.0 Å². The van der Waals surface area contributed by atoms with E-state index in [9.17, 15) is 8.42 Å². The molecule has 0 amide bonds. The molecule has 0 atom stereocenters. The molecule has 0 saturated heterocycles. The summed E-state index contributed by atoms with van der Waals surface area (Å²) in [5.74, 6) is 0.544. The first-order valence-electron chi connectivity index (χ1n) is 5.32. The lowest BCUT2D eigenvalue weighted by Gasteiger charge is -2.04. The van der Waals surface area contributed by atoms with Gasteiger partial charge in [-0.3, -0.25) is 0 Å². The normalized spacial score (nSPS) is 16.6. The maximum Gasteiger partial charge on any atom is 0.241 e. The predicted molar refractivity (Wildman–Crippen MR) is 64.9 cm³/mol. The number of nitrogens with two attached hydrogens (primary N) is 1. The van der Waals surface area contributed by atoms with Crippen LogP contribution in [0.5, 0.6) is 0 Å². The van der Waals surface area contributed by atoms with E-state index < -0.39 is 10.0 Å². The van der Waals surface area contributed by atoms with Crippen LogP contribution in [0.4, 0.5) is 0 Å². The summed E-state index contributed by atoms with van der Waals surface area (Å²) in [4.78, 5) is 2.10. The number of hydrogen-bond acceptors (Lipinski definition) is 4. The Morgan fingerprint density at radius 3 is 2.75 bits per heavy atom. The van der Waals surface area contributed by atoms with E-state index in [-0.39, 0.29) is 0 Å². The van der Waals surface area contributed by atoms with Crippen molar-refractivity contribution < 1.29 is 8.42 Å². The number of rotatable bonds is 5. The van der Waals surface area contributed by atoms with Gasteiger partial charge in [-0.2, -0.15) is 0 Å². The first-order valence-corrected chi connectivity index (χ1v) is 7.62. The molecule has 1 saturated carbocycles. The highest BCUT2D eigenvalue weighted by Gasteiger charge is 2.25. The topological polar surface area (TPSA) is 72.2 Å². The molecule has 0 spiro atoms. The van der Waals surface area contributed by atoms with Gasteiger partial charge < -0.3 is 5.73 Å². The van der Waals surface area contributed by atoms with Crippen molar-refractivity contribution in [1.82, 2.24) is 4.72 Å². The van der Waals surface area contributed by atoms with Gasteiger partial charge in [-0.05, 0) is 31.7 Å². The molecule has 1 fully saturated rings. The summed E-state index contributed by atoms with van der Waals surface area (Å²) >= 11 is 1.45. The molecule has 1 aliphatic carbocycles. The molecule has 0 aromatic carbocycles. The summed E-state index contributed by atoms with van der Waals surface area (Å²) in [7, 11) is -3.33. The van der Waals surface area contributed by atoms with Crippen molar-refractivity contribution in [3.63, 3.8) is 0 Å². The Morgan fingerprint density at radius 2 is 2.25 bits per heavy atom. The summed E-state index contributed by atoms with van der Waals surface area (Å²) in [5.41, 5.74) is 5.50. The number of thiophene rings is 1. The molecule has 1 aromatic rings. The Kier molecular flexibility index (Phi) is 3.34. The van der Waals surface area contributed by atoms with Crippen molar-refractivity contribution in [3.05, 3.63) is 15.8 Å². The zero-order valence-corrected chi connectivity index (χ0v) is 10.8. The highest BCUT2D eigenvalue weighted by atomic mass is 32.2. The van der Waals surface area contributed by atoms with Crippen LogP contribution in [0.1, 0.15) is 22.6 Å². The lowest BCUT2D eigenvalue weighted by atomic mass is 10.4. The van der Waals surface area contributed by atoms with Crippen LogP contribution in [0.3, 0.4) is 0 Å². The standard InChI is InChI=1S/C10H16N2O2S2/c1-7-10(4-9(5-11)15-7)16(13,14)12-6-8-2-3-8/h4,8,12H,2-3,5-6,11H2,1H3. The van der Waals surface area contributed by atoms with Crippen LogP contribution in [-0.4, -0.2) is 15.0 Å². The minimum atomic E-state index is -3.33. The fourth-order valence-corrected chi connectivity index (χ4v) is 4.15. The van der Waals surface area contributed by atoms with Gasteiger partial charge in [0, 0.05) is 22.8 Å². The summed E-state index contributed by atoms with van der Waals surface area (Å²) in [6.07, 6.45) is 2.28. The summed E-state index contributed by atoms with van der Waals surface area (Å²) in [5, 5.41) is 0. The fourth-order valence-electron chi connectivity index (χ4n) is 1.52. The van der Waals surface area contributed by atoms with E-state index in [1.807, 2.05) is 6.92 Å². The van der Waals surface area contributed by atoms with Crippen molar-refractivity contribution in [2.75, 3.05) is 6.54 Å². The lowest BCUT2D eigenvalue weighted by molar-refractivity contribution is 0.577. The van der Waals surface area contributed by atoms with Crippen LogP contribution >= 0.6 is 11.3 Å². The lowest BCUT2D eigenvalue weighted by Crippen LogP contribution is -2.25. The minimum absolute atomic E-state index is 0.388. The van der Waals surface area contributed by atoms with Gasteiger partial charge in [-0.15, -0.1) is 11.3 Å². The molecule has 2 rings (SSSR count). The monoisotopic (exact) mass is 260 g/mol. The minimum Gasteiger partial charge on any atom is -0.326 e. The van der Waals surface area contributed by atoms with E-state index in [0.717, 1.165) is 22.6 Å². The molecule has 4 nitrogen and oxygen atoms in total. The molecule has 1 aliphatic rings. The summed E-state index contributed by atoms with van der Waals surface area (Å²) in [6.45, 7) is 2.77. The number of aryl methyl sites for hydroxylation is 1. The van der Waals surface area contributed by atoms with Gasteiger partial charge in [-0.25, -0.2) is 13.1 Å². The van der Waals surface area contributed by atoms with Crippen molar-refractivity contribution >= 4 is 21.4 Å². The fraction of sp³-hybridized carbons (Fsp3) is 0.600.